The molecular formula is C17H21Cl2N3O2. The molecular weight excluding hydrogens is 349 g/mol. The first-order chi connectivity index (χ1) is 11.4. The predicted octanol–water partition coefficient (Wildman–Crippen LogP) is 2.92. The van der Waals surface area contributed by atoms with Gasteiger partial charge in [0.25, 0.3) is 0 Å². The number of benzene rings is 1. The molecule has 1 aromatic carbocycles. The zero-order chi connectivity index (χ0) is 17.3. The van der Waals surface area contributed by atoms with Gasteiger partial charge in [-0.25, -0.2) is 0 Å². The highest BCUT2D eigenvalue weighted by Crippen LogP contribution is 2.27. The van der Waals surface area contributed by atoms with E-state index in [1.165, 1.54) is 0 Å². The van der Waals surface area contributed by atoms with Crippen LogP contribution in [0.5, 0.6) is 0 Å². The Bertz CT molecular complexity index is 643. The first-order valence-corrected chi connectivity index (χ1v) is 9.00. The second-order valence-electron chi connectivity index (χ2n) is 6.57. The molecule has 1 aliphatic heterocycles. The van der Waals surface area contributed by atoms with Crippen molar-refractivity contribution in [2.24, 2.45) is 5.92 Å². The van der Waals surface area contributed by atoms with Gasteiger partial charge in [0, 0.05) is 24.0 Å². The van der Waals surface area contributed by atoms with Crippen LogP contribution >= 0.6 is 23.2 Å². The second-order valence-corrected chi connectivity index (χ2v) is 7.41. The minimum atomic E-state index is -0.396. The summed E-state index contributed by atoms with van der Waals surface area (Å²) in [7, 11) is 0. The molecule has 130 valence electrons. The van der Waals surface area contributed by atoms with Crippen LogP contribution in [0.25, 0.3) is 0 Å². The summed E-state index contributed by atoms with van der Waals surface area (Å²) in [5.41, 5.74) is 0.678. The van der Waals surface area contributed by atoms with Gasteiger partial charge in [-0.15, -0.1) is 0 Å². The molecule has 1 aromatic rings. The molecule has 1 atom stereocenters. The number of likely N-dealkylation sites (tertiary alicyclic amines) is 1. The van der Waals surface area contributed by atoms with Gasteiger partial charge < -0.3 is 15.5 Å². The van der Waals surface area contributed by atoms with Crippen LogP contribution in [0.15, 0.2) is 18.2 Å². The van der Waals surface area contributed by atoms with Crippen molar-refractivity contribution in [3.05, 3.63) is 28.2 Å². The summed E-state index contributed by atoms with van der Waals surface area (Å²) in [6, 6.07) is 4.80. The third kappa shape index (κ3) is 3.78. The van der Waals surface area contributed by atoms with Gasteiger partial charge in [-0.2, -0.15) is 0 Å². The molecule has 0 radical (unpaired) electrons. The SMILES string of the molecule is C[C@H](Nc1ccc(Cl)cc1Cl)C(=O)N1CC(NC(=O)C2CCC2)C1. The lowest BCUT2D eigenvalue weighted by Gasteiger charge is -2.42. The number of hydrogen-bond donors (Lipinski definition) is 2. The summed E-state index contributed by atoms with van der Waals surface area (Å²) in [6.07, 6.45) is 3.12. The molecule has 0 unspecified atom stereocenters. The van der Waals surface area contributed by atoms with Crippen molar-refractivity contribution in [1.82, 2.24) is 10.2 Å². The van der Waals surface area contributed by atoms with E-state index in [1.807, 2.05) is 0 Å². The summed E-state index contributed by atoms with van der Waals surface area (Å²) in [4.78, 5) is 26.1. The Kier molecular flexibility index (Phi) is 5.21. The summed E-state index contributed by atoms with van der Waals surface area (Å²) in [6.45, 7) is 2.93. The number of carbonyl (C=O) groups is 2. The van der Waals surface area contributed by atoms with Crippen LogP contribution in [0.4, 0.5) is 5.69 Å². The van der Waals surface area contributed by atoms with Crippen molar-refractivity contribution >= 4 is 40.7 Å². The average Bonchev–Trinajstić information content (AvgIpc) is 2.42. The van der Waals surface area contributed by atoms with Crippen molar-refractivity contribution in [2.45, 2.75) is 38.3 Å². The number of rotatable bonds is 5. The summed E-state index contributed by atoms with van der Waals surface area (Å²) >= 11 is 12.0. The molecule has 0 bridgehead atoms. The number of carbonyl (C=O) groups excluding carboxylic acids is 2. The predicted molar refractivity (Wildman–Crippen MR) is 95.4 cm³/mol. The maximum Gasteiger partial charge on any atom is 0.244 e. The lowest BCUT2D eigenvalue weighted by atomic mass is 9.84. The molecule has 1 heterocycles. The minimum absolute atomic E-state index is 0.00448. The molecule has 2 amide bonds. The number of anilines is 1. The van der Waals surface area contributed by atoms with E-state index >= 15 is 0 Å². The number of nitrogens with one attached hydrogen (secondary N) is 2. The van der Waals surface area contributed by atoms with E-state index in [0.717, 1.165) is 19.3 Å². The lowest BCUT2D eigenvalue weighted by Crippen LogP contribution is -2.63. The van der Waals surface area contributed by atoms with Crippen molar-refractivity contribution < 1.29 is 9.59 Å². The third-order valence-electron chi connectivity index (χ3n) is 4.69. The summed E-state index contributed by atoms with van der Waals surface area (Å²) in [5, 5.41) is 7.16. The maximum absolute atomic E-state index is 12.4. The fourth-order valence-corrected chi connectivity index (χ4v) is 3.38. The van der Waals surface area contributed by atoms with E-state index in [4.69, 9.17) is 23.2 Å². The Balaban J connectivity index is 1.46. The average molecular weight is 370 g/mol. The van der Waals surface area contributed by atoms with E-state index < -0.39 is 6.04 Å². The Morgan fingerprint density at radius 3 is 2.54 bits per heavy atom. The van der Waals surface area contributed by atoms with Crippen molar-refractivity contribution in [3.63, 3.8) is 0 Å². The molecule has 3 rings (SSSR count). The Morgan fingerprint density at radius 2 is 1.96 bits per heavy atom. The first kappa shape index (κ1) is 17.4. The van der Waals surface area contributed by atoms with Gasteiger partial charge in [0.2, 0.25) is 11.8 Å². The molecule has 1 saturated carbocycles. The van der Waals surface area contributed by atoms with Gasteiger partial charge >= 0.3 is 0 Å². The molecule has 2 N–H and O–H groups in total. The van der Waals surface area contributed by atoms with Gasteiger partial charge in [0.1, 0.15) is 6.04 Å². The standard InChI is InChI=1S/C17H21Cl2N3O2/c1-10(20-15-6-5-12(18)7-14(15)19)17(24)22-8-13(9-22)21-16(23)11-3-2-4-11/h5-7,10-11,13,20H,2-4,8-9H2,1H3,(H,21,23)/t10-/m0/s1. The van der Waals surface area contributed by atoms with Crippen LogP contribution in [0.1, 0.15) is 26.2 Å². The quantitative estimate of drug-likeness (QED) is 0.838. The summed E-state index contributed by atoms with van der Waals surface area (Å²) in [5.74, 6) is 0.315. The molecule has 0 spiro atoms. The highest BCUT2D eigenvalue weighted by atomic mass is 35.5. The number of nitrogens with zero attached hydrogens (tertiary/aromatic N) is 1. The lowest BCUT2D eigenvalue weighted by molar-refractivity contribution is -0.139. The largest absolute Gasteiger partial charge is 0.373 e. The van der Waals surface area contributed by atoms with Gasteiger partial charge in [0.15, 0.2) is 0 Å². The zero-order valence-corrected chi connectivity index (χ0v) is 15.0. The van der Waals surface area contributed by atoms with Gasteiger partial charge in [-0.05, 0) is 38.0 Å². The van der Waals surface area contributed by atoms with Crippen LogP contribution in [-0.2, 0) is 9.59 Å². The van der Waals surface area contributed by atoms with Crippen LogP contribution < -0.4 is 10.6 Å². The molecule has 1 aliphatic carbocycles. The van der Waals surface area contributed by atoms with Crippen LogP contribution in [0.3, 0.4) is 0 Å². The van der Waals surface area contributed by atoms with Crippen LogP contribution in [0, 0.1) is 5.92 Å². The van der Waals surface area contributed by atoms with E-state index in [2.05, 4.69) is 10.6 Å². The fraction of sp³-hybridized carbons (Fsp3) is 0.529. The Labute approximate surface area is 151 Å². The van der Waals surface area contributed by atoms with E-state index in [9.17, 15) is 9.59 Å². The van der Waals surface area contributed by atoms with E-state index in [0.29, 0.717) is 28.8 Å². The van der Waals surface area contributed by atoms with Crippen LogP contribution in [0.2, 0.25) is 10.0 Å². The normalized spacial score (nSPS) is 19.2. The molecule has 24 heavy (non-hydrogen) atoms. The van der Waals surface area contributed by atoms with Gasteiger partial charge in [-0.3, -0.25) is 9.59 Å². The van der Waals surface area contributed by atoms with Crippen LogP contribution in [-0.4, -0.2) is 41.9 Å². The van der Waals surface area contributed by atoms with Gasteiger partial charge in [0.05, 0.1) is 16.8 Å². The highest BCUT2D eigenvalue weighted by Gasteiger charge is 2.36. The summed E-state index contributed by atoms with van der Waals surface area (Å²) < 4.78 is 0. The third-order valence-corrected chi connectivity index (χ3v) is 5.24. The fourth-order valence-electron chi connectivity index (χ4n) is 2.91. The van der Waals surface area contributed by atoms with Gasteiger partial charge in [-0.1, -0.05) is 29.6 Å². The van der Waals surface area contributed by atoms with E-state index in [1.54, 1.807) is 30.0 Å². The smallest absolute Gasteiger partial charge is 0.244 e. The number of halogens is 2. The Hall–Kier alpha value is -1.46. The minimum Gasteiger partial charge on any atom is -0.373 e. The maximum atomic E-state index is 12.4. The number of amides is 2. The Morgan fingerprint density at radius 1 is 1.25 bits per heavy atom. The second kappa shape index (κ2) is 7.19. The monoisotopic (exact) mass is 369 g/mol. The molecule has 0 aromatic heterocycles. The first-order valence-electron chi connectivity index (χ1n) is 8.25. The zero-order valence-electron chi connectivity index (χ0n) is 13.5. The van der Waals surface area contributed by atoms with E-state index in [-0.39, 0.29) is 23.8 Å². The van der Waals surface area contributed by atoms with Crippen molar-refractivity contribution in [3.8, 4) is 0 Å². The van der Waals surface area contributed by atoms with Crippen molar-refractivity contribution in [1.29, 1.82) is 0 Å². The number of hydrogen-bond acceptors (Lipinski definition) is 3. The molecule has 7 heteroatoms. The van der Waals surface area contributed by atoms with Crippen molar-refractivity contribution in [2.75, 3.05) is 18.4 Å². The molecule has 2 aliphatic rings. The molecule has 2 fully saturated rings. The molecule has 1 saturated heterocycles. The molecule has 5 nitrogen and oxygen atoms in total. The topological polar surface area (TPSA) is 61.4 Å². The highest BCUT2D eigenvalue weighted by molar-refractivity contribution is 6.36.